The number of oxime groups is 1. The van der Waals surface area contributed by atoms with E-state index in [0.717, 1.165) is 17.7 Å². The molecule has 0 saturated heterocycles. The molecule has 2 atom stereocenters. The third-order valence-corrected chi connectivity index (χ3v) is 4.54. The number of carbonyl (C=O) groups excluding carboxylic acids is 1. The van der Waals surface area contributed by atoms with Gasteiger partial charge in [0.25, 0.3) is 0 Å². The number of aryl methyl sites for hydroxylation is 1. The number of rotatable bonds is 8. The van der Waals surface area contributed by atoms with Gasteiger partial charge in [0.05, 0.1) is 0 Å². The van der Waals surface area contributed by atoms with Crippen LogP contribution in [0.2, 0.25) is 0 Å². The Labute approximate surface area is 165 Å². The Morgan fingerprint density at radius 1 is 1.17 bits per heavy atom. The van der Waals surface area contributed by atoms with Crippen molar-refractivity contribution in [3.8, 4) is 5.75 Å². The zero-order valence-electron chi connectivity index (χ0n) is 15.6. The lowest BCUT2D eigenvalue weighted by molar-refractivity contribution is -0.137. The second kappa shape index (κ2) is 8.81. The normalized spacial score (nSPS) is 18.1. The first-order valence-corrected chi connectivity index (χ1v) is 9.01. The molecule has 6 nitrogen and oxygen atoms in total. The van der Waals surface area contributed by atoms with Gasteiger partial charge in [0, 0.05) is 12.0 Å². The van der Waals surface area contributed by atoms with Crippen LogP contribution in [-0.4, -0.2) is 35.3 Å². The molecule has 0 saturated carbocycles. The van der Waals surface area contributed by atoms with Gasteiger partial charge in [0.2, 0.25) is 0 Å². The third-order valence-electron chi connectivity index (χ3n) is 4.54. The molecule has 8 heteroatoms. The molecule has 1 aliphatic rings. The van der Waals surface area contributed by atoms with Crippen LogP contribution in [0.25, 0.3) is 0 Å². The number of carboxylic acid groups (broad SMARTS) is 1. The van der Waals surface area contributed by atoms with Gasteiger partial charge in [-0.25, -0.2) is 8.78 Å². The van der Waals surface area contributed by atoms with Crippen LogP contribution in [0.4, 0.5) is 8.78 Å². The minimum Gasteiger partial charge on any atom is -0.481 e. The monoisotopic (exact) mass is 403 g/mol. The Hall–Kier alpha value is -3.29. The summed E-state index contributed by atoms with van der Waals surface area (Å²) < 4.78 is 33.5. The van der Waals surface area contributed by atoms with E-state index >= 15 is 0 Å². The van der Waals surface area contributed by atoms with E-state index < -0.39 is 47.8 Å². The molecule has 2 unspecified atom stereocenters. The highest BCUT2D eigenvalue weighted by Crippen LogP contribution is 2.27. The number of ketones is 1. The number of Topliss-reactive ketones (excluding diaryl/α,β-unsaturated/α-hetero) is 1. The van der Waals surface area contributed by atoms with Gasteiger partial charge in [-0.3, -0.25) is 9.59 Å². The van der Waals surface area contributed by atoms with Crippen molar-refractivity contribution in [2.24, 2.45) is 11.1 Å². The molecule has 0 bridgehead atoms. The van der Waals surface area contributed by atoms with Crippen LogP contribution in [0.3, 0.4) is 0 Å². The Balaban J connectivity index is 1.70. The zero-order valence-corrected chi connectivity index (χ0v) is 15.6. The number of ether oxygens (including phenoxy) is 1. The van der Waals surface area contributed by atoms with E-state index in [1.54, 1.807) is 31.2 Å². The van der Waals surface area contributed by atoms with E-state index in [1.165, 1.54) is 0 Å². The summed E-state index contributed by atoms with van der Waals surface area (Å²) in [7, 11) is 0. The fourth-order valence-electron chi connectivity index (χ4n) is 3.11. The smallest absolute Gasteiger partial charge is 0.303 e. The Morgan fingerprint density at radius 2 is 1.83 bits per heavy atom. The molecule has 0 radical (unpaired) electrons. The molecule has 3 rings (SSSR count). The summed E-state index contributed by atoms with van der Waals surface area (Å²) >= 11 is 0. The van der Waals surface area contributed by atoms with Crippen molar-refractivity contribution in [2.75, 3.05) is 6.61 Å². The number of carbonyl (C=O) groups is 2. The van der Waals surface area contributed by atoms with Crippen molar-refractivity contribution < 1.29 is 33.1 Å². The van der Waals surface area contributed by atoms with E-state index in [-0.39, 0.29) is 18.4 Å². The molecule has 152 valence electrons. The quantitative estimate of drug-likeness (QED) is 0.731. The van der Waals surface area contributed by atoms with Crippen molar-refractivity contribution >= 4 is 17.5 Å². The number of hydrogen-bond donors (Lipinski definition) is 1. The van der Waals surface area contributed by atoms with Gasteiger partial charge in [0.1, 0.15) is 24.3 Å². The lowest BCUT2D eigenvalue weighted by Gasteiger charge is -2.16. The zero-order chi connectivity index (χ0) is 21.0. The summed E-state index contributed by atoms with van der Waals surface area (Å²) in [6.07, 6.45) is -0.802. The predicted octanol–water partition coefficient (Wildman–Crippen LogP) is 3.37. The van der Waals surface area contributed by atoms with Crippen LogP contribution in [0, 0.1) is 17.6 Å². The predicted molar refractivity (Wildman–Crippen MR) is 99.8 cm³/mol. The second-order valence-electron chi connectivity index (χ2n) is 6.67. The van der Waals surface area contributed by atoms with Gasteiger partial charge in [0.15, 0.2) is 23.2 Å². The Kier molecular flexibility index (Phi) is 6.21. The summed E-state index contributed by atoms with van der Waals surface area (Å²) in [5.74, 6) is -4.89. The number of halogens is 2. The van der Waals surface area contributed by atoms with E-state index in [4.69, 9.17) is 14.7 Å². The molecule has 1 N–H and O–H groups in total. The van der Waals surface area contributed by atoms with E-state index in [0.29, 0.717) is 5.71 Å². The Bertz CT molecular complexity index is 922. The molecular weight excluding hydrogens is 384 g/mol. The number of hydrogen-bond acceptors (Lipinski definition) is 5. The minimum atomic E-state index is -1.07. The highest BCUT2D eigenvalue weighted by molar-refractivity contribution is 6.14. The van der Waals surface area contributed by atoms with Crippen molar-refractivity contribution in [2.45, 2.75) is 25.9 Å². The maximum absolute atomic E-state index is 14.2. The van der Waals surface area contributed by atoms with Crippen molar-refractivity contribution in [3.63, 3.8) is 0 Å². The lowest BCUT2D eigenvalue weighted by Crippen LogP contribution is -2.33. The third kappa shape index (κ3) is 4.77. The molecular formula is C21H19F2NO5. The van der Waals surface area contributed by atoms with Gasteiger partial charge in [-0.15, -0.1) is 0 Å². The fraction of sp³-hybridized carbons (Fsp3) is 0.286. The van der Waals surface area contributed by atoms with Gasteiger partial charge in [-0.05, 0) is 31.0 Å². The van der Waals surface area contributed by atoms with Crippen molar-refractivity contribution in [1.82, 2.24) is 0 Å². The molecule has 2 aromatic carbocycles. The molecule has 1 heterocycles. The lowest BCUT2D eigenvalue weighted by atomic mass is 9.89. The fourth-order valence-corrected chi connectivity index (χ4v) is 3.11. The Morgan fingerprint density at radius 3 is 2.45 bits per heavy atom. The van der Waals surface area contributed by atoms with Crippen LogP contribution in [0.15, 0.2) is 47.6 Å². The summed E-state index contributed by atoms with van der Waals surface area (Å²) in [4.78, 5) is 28.5. The van der Waals surface area contributed by atoms with E-state index in [9.17, 15) is 18.4 Å². The second-order valence-corrected chi connectivity index (χ2v) is 6.67. The molecule has 0 amide bonds. The number of benzene rings is 2. The van der Waals surface area contributed by atoms with E-state index in [2.05, 4.69) is 5.16 Å². The maximum atomic E-state index is 14.2. The number of aliphatic carboxylic acids is 1. The van der Waals surface area contributed by atoms with Crippen molar-refractivity contribution in [1.29, 1.82) is 0 Å². The van der Waals surface area contributed by atoms with Gasteiger partial charge in [-0.1, -0.05) is 35.5 Å². The average Bonchev–Trinajstić information content (AvgIpc) is 3.07. The van der Waals surface area contributed by atoms with Gasteiger partial charge < -0.3 is 14.7 Å². The maximum Gasteiger partial charge on any atom is 0.303 e. The SMILES string of the molecule is CC1ON=C(c2ccccc2)C1C(=O)COc1c(F)cc(CCC(=O)O)cc1F. The molecule has 1 aliphatic heterocycles. The first-order chi connectivity index (χ1) is 13.9. The van der Waals surface area contributed by atoms with Gasteiger partial charge >= 0.3 is 5.97 Å². The summed E-state index contributed by atoms with van der Waals surface area (Å²) in [5, 5.41) is 12.6. The highest BCUT2D eigenvalue weighted by atomic mass is 19.1. The van der Waals surface area contributed by atoms with Crippen LogP contribution in [0.5, 0.6) is 5.75 Å². The summed E-state index contributed by atoms with van der Waals surface area (Å²) in [6.45, 7) is 1.12. The highest BCUT2D eigenvalue weighted by Gasteiger charge is 2.37. The largest absolute Gasteiger partial charge is 0.481 e. The first kappa shape index (κ1) is 20.4. The first-order valence-electron chi connectivity index (χ1n) is 9.01. The molecule has 2 aromatic rings. The van der Waals surface area contributed by atoms with Gasteiger partial charge in [-0.2, -0.15) is 0 Å². The molecule has 0 aliphatic carbocycles. The number of nitrogens with zero attached hydrogens (tertiary/aromatic N) is 1. The summed E-state index contributed by atoms with van der Waals surface area (Å²) in [5.41, 5.74) is 1.35. The topological polar surface area (TPSA) is 85.2 Å². The number of carboxylic acids is 1. The van der Waals surface area contributed by atoms with Crippen LogP contribution in [0.1, 0.15) is 24.5 Å². The summed E-state index contributed by atoms with van der Waals surface area (Å²) in [6, 6.07) is 11.0. The minimum absolute atomic E-state index is 0.0176. The molecule has 0 fully saturated rings. The standard InChI is InChI=1S/C21H19F2NO5/c1-12-19(20(24-29-12)14-5-3-2-4-6-14)17(25)11-28-21-15(22)9-13(10-16(21)23)7-8-18(26)27/h2-6,9-10,12,19H,7-8,11H2,1H3,(H,26,27). The van der Waals surface area contributed by atoms with E-state index in [1.807, 2.05) is 6.07 Å². The molecule has 29 heavy (non-hydrogen) atoms. The molecule has 0 aromatic heterocycles. The molecule has 0 spiro atoms. The van der Waals surface area contributed by atoms with Crippen LogP contribution < -0.4 is 4.74 Å². The van der Waals surface area contributed by atoms with Crippen molar-refractivity contribution in [3.05, 3.63) is 65.2 Å². The van der Waals surface area contributed by atoms with Crippen LogP contribution >= 0.6 is 0 Å². The van der Waals surface area contributed by atoms with Crippen LogP contribution in [-0.2, 0) is 20.8 Å². The average molecular weight is 403 g/mol.